The topological polar surface area (TPSA) is 104 Å². The Kier molecular flexibility index (Phi) is 22.3. The molecule has 0 atom stereocenters. The Morgan fingerprint density at radius 1 is 0.333 bits per heavy atom. The second kappa shape index (κ2) is 19.4. The highest BCUT2D eigenvalue weighted by Gasteiger charge is 1.85. The van der Waals surface area contributed by atoms with Crippen molar-refractivity contribution in [3.63, 3.8) is 0 Å². The number of hydrogen-bond acceptors (Lipinski definition) is 4. The summed E-state index contributed by atoms with van der Waals surface area (Å²) in [5.74, 6) is 0. The molecule has 0 bridgehead atoms. The van der Waals surface area contributed by atoms with Gasteiger partial charge in [0, 0.05) is 0 Å². The van der Waals surface area contributed by atoms with E-state index in [9.17, 15) is 0 Å². The molecule has 4 nitrogen and oxygen atoms in total. The molecule has 94 valence electrons. The normalized spacial score (nSPS) is 9.60. The van der Waals surface area contributed by atoms with E-state index < -0.39 is 0 Å². The average molecular weight is 218 g/mol. The van der Waals surface area contributed by atoms with Gasteiger partial charge < -0.3 is 22.9 Å². The lowest BCUT2D eigenvalue weighted by Crippen LogP contribution is -2.03. The van der Waals surface area contributed by atoms with Crippen LogP contribution in [0.5, 0.6) is 0 Å². The molecule has 0 aromatic heterocycles. The highest BCUT2D eigenvalue weighted by molar-refractivity contribution is 4.44. The fourth-order valence-electron chi connectivity index (χ4n) is 1.11. The van der Waals surface area contributed by atoms with E-state index in [0.717, 1.165) is 39.0 Å². The minimum absolute atomic E-state index is 0.775. The van der Waals surface area contributed by atoms with Crippen LogP contribution in [0.4, 0.5) is 0 Å². The first kappa shape index (κ1) is 17.2. The van der Waals surface area contributed by atoms with E-state index in [2.05, 4.69) is 0 Å². The Labute approximate surface area is 94.8 Å². The molecule has 0 saturated heterocycles. The summed E-state index contributed by atoms with van der Waals surface area (Å²) in [5.41, 5.74) is 21.0. The van der Waals surface area contributed by atoms with Crippen molar-refractivity contribution in [3.05, 3.63) is 0 Å². The third-order valence-corrected chi connectivity index (χ3v) is 2.07. The molecule has 0 aliphatic rings. The molecule has 0 fully saturated rings. The van der Waals surface area contributed by atoms with E-state index in [1.807, 2.05) is 0 Å². The van der Waals surface area contributed by atoms with Crippen molar-refractivity contribution < 1.29 is 0 Å². The smallest absolute Gasteiger partial charge is 0.00768 e. The molecule has 0 amide bonds. The second-order valence-corrected chi connectivity index (χ2v) is 3.63. The Balaban J connectivity index is 0. The van der Waals surface area contributed by atoms with E-state index in [1.165, 1.54) is 32.1 Å². The van der Waals surface area contributed by atoms with Gasteiger partial charge in [-0.3, -0.25) is 0 Å². The molecule has 0 rings (SSSR count). The molecule has 0 radical (unpaired) electrons. The third kappa shape index (κ3) is 24.8. The molecule has 0 aromatic rings. The minimum atomic E-state index is 0.775. The summed E-state index contributed by atoms with van der Waals surface area (Å²) in [6.07, 6.45) is 8.32. The van der Waals surface area contributed by atoms with Gasteiger partial charge in [0.15, 0.2) is 0 Å². The fourth-order valence-corrected chi connectivity index (χ4v) is 1.11. The van der Waals surface area contributed by atoms with Gasteiger partial charge in [-0.25, -0.2) is 0 Å². The van der Waals surface area contributed by atoms with Crippen LogP contribution in [-0.2, 0) is 0 Å². The summed E-state index contributed by atoms with van der Waals surface area (Å²) in [6, 6.07) is 0. The lowest BCUT2D eigenvalue weighted by molar-refractivity contribution is 0.623. The molecule has 0 aliphatic carbocycles. The van der Waals surface area contributed by atoms with E-state index in [-0.39, 0.29) is 0 Å². The van der Waals surface area contributed by atoms with Gasteiger partial charge in [-0.2, -0.15) is 0 Å². The van der Waals surface area contributed by atoms with Crippen molar-refractivity contribution >= 4 is 0 Å². The van der Waals surface area contributed by atoms with Crippen LogP contribution >= 0.6 is 0 Å². The zero-order chi connectivity index (χ0) is 11.8. The van der Waals surface area contributed by atoms with Crippen LogP contribution in [0.3, 0.4) is 0 Å². The van der Waals surface area contributed by atoms with Crippen LogP contribution in [-0.4, -0.2) is 26.2 Å². The van der Waals surface area contributed by atoms with Crippen LogP contribution in [0.15, 0.2) is 0 Å². The van der Waals surface area contributed by atoms with Crippen molar-refractivity contribution in [1.29, 1.82) is 0 Å². The molecule has 8 N–H and O–H groups in total. The summed E-state index contributed by atoms with van der Waals surface area (Å²) < 4.78 is 0. The monoisotopic (exact) mass is 218 g/mol. The molecule has 4 heteroatoms. The van der Waals surface area contributed by atoms with Crippen molar-refractivity contribution in [3.8, 4) is 0 Å². The molecule has 0 aromatic carbocycles. The van der Waals surface area contributed by atoms with Gasteiger partial charge in [-0.15, -0.1) is 0 Å². The number of unbranched alkanes of at least 4 members (excludes halogenated alkanes) is 5. The number of nitrogens with two attached hydrogens (primary N) is 4. The molecule has 0 saturated carbocycles. The Morgan fingerprint density at radius 2 is 0.533 bits per heavy atom. The first-order valence-corrected chi connectivity index (χ1v) is 6.13. The second-order valence-electron chi connectivity index (χ2n) is 3.63. The van der Waals surface area contributed by atoms with Crippen LogP contribution in [0.25, 0.3) is 0 Å². The molecule has 0 unspecified atom stereocenters. The summed E-state index contributed by atoms with van der Waals surface area (Å²) in [5, 5.41) is 0. The molecule has 0 aliphatic heterocycles. The SMILES string of the molecule is NCCCCCCCN.NCCCCN. The molecular weight excluding hydrogens is 188 g/mol. The highest BCUT2D eigenvalue weighted by atomic mass is 14.5. The lowest BCUT2D eigenvalue weighted by atomic mass is 10.1. The van der Waals surface area contributed by atoms with Gasteiger partial charge in [0.25, 0.3) is 0 Å². The largest absolute Gasteiger partial charge is 0.330 e. The predicted molar refractivity (Wildman–Crippen MR) is 68.5 cm³/mol. The zero-order valence-electron chi connectivity index (χ0n) is 10.1. The molecule has 15 heavy (non-hydrogen) atoms. The van der Waals surface area contributed by atoms with E-state index >= 15 is 0 Å². The summed E-state index contributed by atoms with van der Waals surface area (Å²) >= 11 is 0. The average Bonchev–Trinajstić information content (AvgIpc) is 2.27. The number of rotatable bonds is 9. The van der Waals surface area contributed by atoms with E-state index in [0.29, 0.717) is 0 Å². The fraction of sp³-hybridized carbons (Fsp3) is 1.00. The zero-order valence-corrected chi connectivity index (χ0v) is 10.1. The van der Waals surface area contributed by atoms with Crippen LogP contribution in [0.1, 0.15) is 44.9 Å². The van der Waals surface area contributed by atoms with Gasteiger partial charge >= 0.3 is 0 Å². The maximum absolute atomic E-state index is 5.32. The quantitative estimate of drug-likeness (QED) is 0.424. The van der Waals surface area contributed by atoms with Gasteiger partial charge in [-0.05, 0) is 51.9 Å². The molecular formula is C11H30N4. The van der Waals surface area contributed by atoms with E-state index in [1.54, 1.807) is 0 Å². The number of hydrogen-bond donors (Lipinski definition) is 4. The predicted octanol–water partition coefficient (Wildman–Crippen LogP) is 0.538. The van der Waals surface area contributed by atoms with E-state index in [4.69, 9.17) is 22.9 Å². The van der Waals surface area contributed by atoms with Crippen LogP contribution in [0.2, 0.25) is 0 Å². The lowest BCUT2D eigenvalue weighted by Gasteiger charge is -1.96. The minimum Gasteiger partial charge on any atom is -0.330 e. The van der Waals surface area contributed by atoms with Crippen molar-refractivity contribution in [1.82, 2.24) is 0 Å². The van der Waals surface area contributed by atoms with Crippen molar-refractivity contribution in [2.45, 2.75) is 44.9 Å². The third-order valence-electron chi connectivity index (χ3n) is 2.07. The molecule has 0 spiro atoms. The first-order valence-electron chi connectivity index (χ1n) is 6.13. The Morgan fingerprint density at radius 3 is 0.800 bits per heavy atom. The van der Waals surface area contributed by atoms with Crippen molar-refractivity contribution in [2.24, 2.45) is 22.9 Å². The van der Waals surface area contributed by atoms with Gasteiger partial charge in [0.05, 0.1) is 0 Å². The van der Waals surface area contributed by atoms with Crippen LogP contribution < -0.4 is 22.9 Å². The molecule has 0 heterocycles. The standard InChI is InChI=1S/C7H18N2.C4H12N2/c8-6-4-2-1-3-5-7-9;5-3-1-2-4-6/h1-9H2;1-6H2. The van der Waals surface area contributed by atoms with Gasteiger partial charge in [0.2, 0.25) is 0 Å². The summed E-state index contributed by atoms with van der Waals surface area (Å²) in [6.45, 7) is 3.22. The summed E-state index contributed by atoms with van der Waals surface area (Å²) in [4.78, 5) is 0. The van der Waals surface area contributed by atoms with Crippen molar-refractivity contribution in [2.75, 3.05) is 26.2 Å². The maximum Gasteiger partial charge on any atom is -0.00768 e. The van der Waals surface area contributed by atoms with Crippen LogP contribution in [0, 0.1) is 0 Å². The Hall–Kier alpha value is -0.160. The highest BCUT2D eigenvalue weighted by Crippen LogP contribution is 1.99. The maximum atomic E-state index is 5.32. The summed E-state index contributed by atoms with van der Waals surface area (Å²) in [7, 11) is 0. The Bertz CT molecular complexity index is 78.7. The first-order chi connectivity index (χ1) is 7.33. The van der Waals surface area contributed by atoms with Gasteiger partial charge in [-0.1, -0.05) is 19.3 Å². The van der Waals surface area contributed by atoms with Gasteiger partial charge in [0.1, 0.15) is 0 Å².